The molecule has 0 aromatic heterocycles. The average Bonchev–Trinajstić information content (AvgIpc) is 2.44. The van der Waals surface area contributed by atoms with Gasteiger partial charge < -0.3 is 44.8 Å². The van der Waals surface area contributed by atoms with E-state index in [0.717, 1.165) is 0 Å². The highest BCUT2D eigenvalue weighted by molar-refractivity contribution is 4.91. The first-order valence-electron chi connectivity index (χ1n) is 6.78. The van der Waals surface area contributed by atoms with Gasteiger partial charge in [0.2, 0.25) is 0 Å². The molecular formula is C12H22O9. The van der Waals surface area contributed by atoms with Crippen LogP contribution in [-0.4, -0.2) is 92.1 Å². The minimum absolute atomic E-state index is 0.784. The van der Waals surface area contributed by atoms with Crippen LogP contribution in [0.3, 0.4) is 0 Å². The van der Waals surface area contributed by atoms with Crippen LogP contribution in [-0.2, 0) is 14.2 Å². The van der Waals surface area contributed by atoms with Crippen molar-refractivity contribution < 1.29 is 44.8 Å². The number of rotatable bonds is 2. The highest BCUT2D eigenvalue weighted by Gasteiger charge is 2.48. The van der Waals surface area contributed by atoms with E-state index in [4.69, 9.17) is 14.2 Å². The Hall–Kier alpha value is -0.360. The second-order valence-electron chi connectivity index (χ2n) is 5.50. The standard InChI is InChI=1S/C12H22O9/c1-3-5(13)6(14)9(17)12(20-3)21-10-4(2)19-11(18)8(16)7(10)15/h3-18H,1-2H3/t3-,4-,5+,6-,7+,8-,9-,10+,11+,12-/m0/s1. The summed E-state index contributed by atoms with van der Waals surface area (Å²) in [6.07, 6.45) is -12.8. The zero-order valence-electron chi connectivity index (χ0n) is 11.7. The molecule has 0 unspecified atom stereocenters. The number of ether oxygens (including phenoxy) is 3. The summed E-state index contributed by atoms with van der Waals surface area (Å²) in [5, 5.41) is 58.0. The molecule has 9 heteroatoms. The van der Waals surface area contributed by atoms with Crippen molar-refractivity contribution in [3.8, 4) is 0 Å². The topological polar surface area (TPSA) is 149 Å². The Balaban J connectivity index is 2.06. The van der Waals surface area contributed by atoms with Crippen molar-refractivity contribution >= 4 is 0 Å². The van der Waals surface area contributed by atoms with Crippen LogP contribution in [0.5, 0.6) is 0 Å². The molecule has 6 N–H and O–H groups in total. The molecule has 2 aliphatic rings. The summed E-state index contributed by atoms with van der Waals surface area (Å²) in [6.45, 7) is 3.00. The van der Waals surface area contributed by atoms with Gasteiger partial charge in [-0.25, -0.2) is 0 Å². The van der Waals surface area contributed by atoms with Gasteiger partial charge in [-0.3, -0.25) is 0 Å². The summed E-state index contributed by atoms with van der Waals surface area (Å²) >= 11 is 0. The molecule has 2 aliphatic heterocycles. The normalized spacial score (nSPS) is 55.4. The predicted octanol–water partition coefficient (Wildman–Crippen LogP) is -3.34. The Labute approximate surface area is 121 Å². The lowest BCUT2D eigenvalue weighted by Gasteiger charge is -2.44. The summed E-state index contributed by atoms with van der Waals surface area (Å²) in [4.78, 5) is 0. The Morgan fingerprint density at radius 2 is 1.29 bits per heavy atom. The zero-order chi connectivity index (χ0) is 15.9. The van der Waals surface area contributed by atoms with Crippen molar-refractivity contribution in [2.45, 2.75) is 75.3 Å². The molecular weight excluding hydrogens is 288 g/mol. The summed E-state index contributed by atoms with van der Waals surface area (Å²) in [7, 11) is 0. The Morgan fingerprint density at radius 1 is 0.667 bits per heavy atom. The van der Waals surface area contributed by atoms with Gasteiger partial charge in [0.25, 0.3) is 0 Å². The lowest BCUT2D eigenvalue weighted by atomic mass is 9.98. The molecule has 2 heterocycles. The lowest BCUT2D eigenvalue weighted by molar-refractivity contribution is -0.348. The molecule has 0 amide bonds. The molecule has 9 nitrogen and oxygen atoms in total. The van der Waals surface area contributed by atoms with Crippen LogP contribution in [0, 0.1) is 0 Å². The van der Waals surface area contributed by atoms with Gasteiger partial charge in [0.1, 0.15) is 36.6 Å². The van der Waals surface area contributed by atoms with E-state index in [1.54, 1.807) is 0 Å². The SMILES string of the molecule is C[C@@H]1O[C@@H](O[C@H]2[C@H](O)[C@H](O)[C@H](O)O[C@H]2C)[C@@H](O)[C@@H](O)[C@@H]1O. The molecule has 0 aromatic rings. The Bertz CT molecular complexity index is 354. The Morgan fingerprint density at radius 3 is 1.90 bits per heavy atom. The molecule has 2 saturated heterocycles. The van der Waals surface area contributed by atoms with Crippen LogP contribution in [0.1, 0.15) is 13.8 Å². The van der Waals surface area contributed by atoms with E-state index in [2.05, 4.69) is 0 Å². The van der Waals surface area contributed by atoms with Gasteiger partial charge in [0.15, 0.2) is 12.6 Å². The second kappa shape index (κ2) is 6.41. The van der Waals surface area contributed by atoms with Crippen molar-refractivity contribution in [3.63, 3.8) is 0 Å². The first kappa shape index (κ1) is 17.0. The second-order valence-corrected chi connectivity index (χ2v) is 5.50. The number of aliphatic hydroxyl groups is 6. The van der Waals surface area contributed by atoms with Crippen LogP contribution in [0.25, 0.3) is 0 Å². The third-order valence-corrected chi connectivity index (χ3v) is 3.90. The highest BCUT2D eigenvalue weighted by atomic mass is 16.7. The third-order valence-electron chi connectivity index (χ3n) is 3.90. The summed E-state index contributed by atoms with van der Waals surface area (Å²) < 4.78 is 15.6. The molecule has 0 radical (unpaired) electrons. The van der Waals surface area contributed by atoms with Crippen LogP contribution in [0.4, 0.5) is 0 Å². The molecule has 2 rings (SSSR count). The van der Waals surface area contributed by atoms with E-state index in [0.29, 0.717) is 0 Å². The van der Waals surface area contributed by atoms with Crippen molar-refractivity contribution in [3.05, 3.63) is 0 Å². The molecule has 0 bridgehead atoms. The van der Waals surface area contributed by atoms with E-state index in [1.807, 2.05) is 0 Å². The van der Waals surface area contributed by atoms with Crippen molar-refractivity contribution in [1.82, 2.24) is 0 Å². The maximum absolute atomic E-state index is 9.91. The maximum Gasteiger partial charge on any atom is 0.187 e. The fourth-order valence-corrected chi connectivity index (χ4v) is 2.49. The molecule has 2 fully saturated rings. The number of aliphatic hydroxyl groups excluding tert-OH is 6. The van der Waals surface area contributed by atoms with E-state index in [9.17, 15) is 30.6 Å². The monoisotopic (exact) mass is 310 g/mol. The molecule has 21 heavy (non-hydrogen) atoms. The smallest absolute Gasteiger partial charge is 0.187 e. The van der Waals surface area contributed by atoms with Crippen LogP contribution in [0.15, 0.2) is 0 Å². The van der Waals surface area contributed by atoms with Crippen LogP contribution >= 0.6 is 0 Å². The summed E-state index contributed by atoms with van der Waals surface area (Å²) in [5.41, 5.74) is 0. The fraction of sp³-hybridized carbons (Fsp3) is 1.00. The fourth-order valence-electron chi connectivity index (χ4n) is 2.49. The van der Waals surface area contributed by atoms with Gasteiger partial charge in [-0.1, -0.05) is 0 Å². The minimum Gasteiger partial charge on any atom is -0.388 e. The first-order chi connectivity index (χ1) is 9.73. The van der Waals surface area contributed by atoms with E-state index in [-0.39, 0.29) is 0 Å². The van der Waals surface area contributed by atoms with Gasteiger partial charge in [-0.2, -0.15) is 0 Å². The molecule has 124 valence electrons. The van der Waals surface area contributed by atoms with Gasteiger partial charge in [-0.05, 0) is 13.8 Å². The van der Waals surface area contributed by atoms with Gasteiger partial charge >= 0.3 is 0 Å². The molecule has 0 saturated carbocycles. The largest absolute Gasteiger partial charge is 0.388 e. The molecule has 10 atom stereocenters. The van der Waals surface area contributed by atoms with Gasteiger partial charge in [-0.15, -0.1) is 0 Å². The molecule has 0 spiro atoms. The summed E-state index contributed by atoms with van der Waals surface area (Å²) in [6, 6.07) is 0. The maximum atomic E-state index is 9.91. The quantitative estimate of drug-likeness (QED) is 0.308. The number of hydrogen-bond acceptors (Lipinski definition) is 9. The van der Waals surface area contributed by atoms with Crippen molar-refractivity contribution in [2.24, 2.45) is 0 Å². The molecule has 0 aromatic carbocycles. The number of hydrogen-bond donors (Lipinski definition) is 6. The van der Waals surface area contributed by atoms with E-state index in [1.165, 1.54) is 13.8 Å². The minimum atomic E-state index is -1.57. The predicted molar refractivity (Wildman–Crippen MR) is 65.8 cm³/mol. The van der Waals surface area contributed by atoms with E-state index >= 15 is 0 Å². The van der Waals surface area contributed by atoms with Crippen LogP contribution < -0.4 is 0 Å². The Kier molecular flexibility index (Phi) is 5.19. The van der Waals surface area contributed by atoms with Crippen molar-refractivity contribution in [2.75, 3.05) is 0 Å². The van der Waals surface area contributed by atoms with Gasteiger partial charge in [0, 0.05) is 0 Å². The third kappa shape index (κ3) is 3.21. The highest BCUT2D eigenvalue weighted by Crippen LogP contribution is 2.28. The average molecular weight is 310 g/mol. The van der Waals surface area contributed by atoms with Gasteiger partial charge in [0.05, 0.1) is 12.2 Å². The van der Waals surface area contributed by atoms with Crippen LogP contribution in [0.2, 0.25) is 0 Å². The first-order valence-corrected chi connectivity index (χ1v) is 6.78. The van der Waals surface area contributed by atoms with E-state index < -0.39 is 61.4 Å². The zero-order valence-corrected chi connectivity index (χ0v) is 11.7. The molecule has 0 aliphatic carbocycles. The van der Waals surface area contributed by atoms with Crippen molar-refractivity contribution in [1.29, 1.82) is 0 Å². The summed E-state index contributed by atoms with van der Waals surface area (Å²) in [5.74, 6) is 0. The lowest BCUT2D eigenvalue weighted by Crippen LogP contribution is -2.62.